The van der Waals surface area contributed by atoms with Crippen LogP contribution in [-0.2, 0) is 4.84 Å². The van der Waals surface area contributed by atoms with E-state index < -0.39 is 0 Å². The van der Waals surface area contributed by atoms with Crippen LogP contribution in [-0.4, -0.2) is 5.71 Å². The molecule has 2 rings (SSSR count). The SMILES string of the molecule is CC1=NO[C@@H](c2ccccc2C)C1. The molecule has 2 heteroatoms. The molecule has 2 nitrogen and oxygen atoms in total. The van der Waals surface area contributed by atoms with Gasteiger partial charge in [-0.25, -0.2) is 0 Å². The van der Waals surface area contributed by atoms with Gasteiger partial charge < -0.3 is 4.84 Å². The van der Waals surface area contributed by atoms with E-state index in [1.807, 2.05) is 19.1 Å². The molecule has 0 aromatic heterocycles. The van der Waals surface area contributed by atoms with Crippen LogP contribution in [0.1, 0.15) is 30.6 Å². The molecule has 1 aliphatic rings. The lowest BCUT2D eigenvalue weighted by atomic mass is 10.0. The lowest BCUT2D eigenvalue weighted by Gasteiger charge is -2.10. The Bertz CT molecular complexity index is 344. The first kappa shape index (κ1) is 8.30. The largest absolute Gasteiger partial charge is 0.387 e. The summed E-state index contributed by atoms with van der Waals surface area (Å²) in [6.45, 7) is 4.10. The molecule has 0 radical (unpaired) electrons. The molecule has 0 bridgehead atoms. The highest BCUT2D eigenvalue weighted by Gasteiger charge is 2.20. The highest BCUT2D eigenvalue weighted by atomic mass is 16.6. The monoisotopic (exact) mass is 175 g/mol. The van der Waals surface area contributed by atoms with Gasteiger partial charge in [0, 0.05) is 6.42 Å². The minimum absolute atomic E-state index is 0.140. The first-order valence-corrected chi connectivity index (χ1v) is 4.52. The highest BCUT2D eigenvalue weighted by Crippen LogP contribution is 2.28. The minimum atomic E-state index is 0.140. The van der Waals surface area contributed by atoms with Gasteiger partial charge >= 0.3 is 0 Å². The van der Waals surface area contributed by atoms with Gasteiger partial charge in [0.2, 0.25) is 0 Å². The van der Waals surface area contributed by atoms with Gasteiger partial charge in [-0.15, -0.1) is 0 Å². The molecule has 13 heavy (non-hydrogen) atoms. The summed E-state index contributed by atoms with van der Waals surface area (Å²) < 4.78 is 0. The molecule has 0 fully saturated rings. The van der Waals surface area contributed by atoms with E-state index in [1.54, 1.807) is 0 Å². The van der Waals surface area contributed by atoms with Gasteiger partial charge in [-0.3, -0.25) is 0 Å². The molecule has 0 saturated heterocycles. The Labute approximate surface area is 78.2 Å². The van der Waals surface area contributed by atoms with E-state index in [9.17, 15) is 0 Å². The van der Waals surface area contributed by atoms with Crippen LogP contribution in [0.5, 0.6) is 0 Å². The number of rotatable bonds is 1. The number of oxime groups is 1. The molecular weight excluding hydrogens is 162 g/mol. The average molecular weight is 175 g/mol. The first-order valence-electron chi connectivity index (χ1n) is 4.52. The number of hydrogen-bond donors (Lipinski definition) is 0. The molecule has 0 amide bonds. The van der Waals surface area contributed by atoms with E-state index in [4.69, 9.17) is 4.84 Å². The minimum Gasteiger partial charge on any atom is -0.387 e. The summed E-state index contributed by atoms with van der Waals surface area (Å²) in [5, 5.41) is 3.95. The fraction of sp³-hybridized carbons (Fsp3) is 0.364. The zero-order valence-electron chi connectivity index (χ0n) is 7.95. The van der Waals surface area contributed by atoms with Crippen molar-refractivity contribution in [3.05, 3.63) is 35.4 Å². The lowest BCUT2D eigenvalue weighted by molar-refractivity contribution is 0.0853. The Morgan fingerprint density at radius 1 is 1.31 bits per heavy atom. The van der Waals surface area contributed by atoms with Crippen LogP contribution in [0.15, 0.2) is 29.4 Å². The molecule has 0 N–H and O–H groups in total. The van der Waals surface area contributed by atoms with Crippen molar-refractivity contribution in [2.45, 2.75) is 26.4 Å². The van der Waals surface area contributed by atoms with Crippen molar-refractivity contribution in [3.63, 3.8) is 0 Å². The molecule has 1 atom stereocenters. The van der Waals surface area contributed by atoms with Gasteiger partial charge in [0.05, 0.1) is 5.71 Å². The zero-order valence-corrected chi connectivity index (χ0v) is 7.95. The maximum atomic E-state index is 5.32. The maximum absolute atomic E-state index is 5.32. The van der Waals surface area contributed by atoms with Crippen LogP contribution in [0.2, 0.25) is 0 Å². The number of nitrogens with zero attached hydrogens (tertiary/aromatic N) is 1. The van der Waals surface area contributed by atoms with Gasteiger partial charge in [-0.2, -0.15) is 0 Å². The second-order valence-electron chi connectivity index (χ2n) is 3.48. The van der Waals surface area contributed by atoms with E-state index in [-0.39, 0.29) is 6.10 Å². The quantitative estimate of drug-likeness (QED) is 0.643. The zero-order chi connectivity index (χ0) is 9.26. The van der Waals surface area contributed by atoms with Crippen LogP contribution in [0.3, 0.4) is 0 Å². The predicted octanol–water partition coefficient (Wildman–Crippen LogP) is 2.83. The number of hydrogen-bond acceptors (Lipinski definition) is 2. The van der Waals surface area contributed by atoms with Gasteiger partial charge in [-0.1, -0.05) is 29.4 Å². The normalized spacial score (nSPS) is 21.1. The Kier molecular flexibility index (Phi) is 2.05. The van der Waals surface area contributed by atoms with Crippen molar-refractivity contribution < 1.29 is 4.84 Å². The van der Waals surface area contributed by atoms with Crippen LogP contribution in [0.4, 0.5) is 0 Å². The predicted molar refractivity (Wildman–Crippen MR) is 52.7 cm³/mol. The third-order valence-corrected chi connectivity index (χ3v) is 2.35. The summed E-state index contributed by atoms with van der Waals surface area (Å²) in [6.07, 6.45) is 1.06. The molecule has 1 aromatic carbocycles. The van der Waals surface area contributed by atoms with E-state index in [0.29, 0.717) is 0 Å². The van der Waals surface area contributed by atoms with Crippen molar-refractivity contribution in [2.24, 2.45) is 5.16 Å². The summed E-state index contributed by atoms with van der Waals surface area (Å²) in [4.78, 5) is 5.32. The van der Waals surface area contributed by atoms with Gasteiger partial charge in [0.25, 0.3) is 0 Å². The average Bonchev–Trinajstić information content (AvgIpc) is 2.53. The van der Waals surface area contributed by atoms with Gasteiger partial charge in [0.1, 0.15) is 0 Å². The molecule has 0 aliphatic carbocycles. The molecule has 0 saturated carbocycles. The fourth-order valence-electron chi connectivity index (χ4n) is 1.61. The van der Waals surface area contributed by atoms with E-state index in [2.05, 4.69) is 24.2 Å². The summed E-state index contributed by atoms with van der Waals surface area (Å²) in [5.74, 6) is 0. The molecular formula is C11H13NO. The number of benzene rings is 1. The summed E-state index contributed by atoms with van der Waals surface area (Å²) >= 11 is 0. The van der Waals surface area contributed by atoms with Crippen LogP contribution < -0.4 is 0 Å². The first-order chi connectivity index (χ1) is 6.27. The highest BCUT2D eigenvalue weighted by molar-refractivity contribution is 5.83. The van der Waals surface area contributed by atoms with Crippen LogP contribution >= 0.6 is 0 Å². The van der Waals surface area contributed by atoms with Crippen molar-refractivity contribution in [3.8, 4) is 0 Å². The number of aryl methyl sites for hydroxylation is 1. The van der Waals surface area contributed by atoms with Crippen LogP contribution in [0.25, 0.3) is 0 Å². The third kappa shape index (κ3) is 1.57. The molecule has 1 aromatic rings. The topological polar surface area (TPSA) is 21.6 Å². The molecule has 68 valence electrons. The standard InChI is InChI=1S/C11H13NO/c1-8-5-3-4-6-10(8)11-7-9(2)12-13-11/h3-6,11H,7H2,1-2H3/t11-/m1/s1. The Hall–Kier alpha value is -1.31. The third-order valence-electron chi connectivity index (χ3n) is 2.35. The van der Waals surface area contributed by atoms with E-state index >= 15 is 0 Å². The van der Waals surface area contributed by atoms with Crippen molar-refractivity contribution in [1.29, 1.82) is 0 Å². The molecule has 1 heterocycles. The Balaban J connectivity index is 2.23. The van der Waals surface area contributed by atoms with Gasteiger partial charge in [0.15, 0.2) is 6.10 Å². The molecule has 0 unspecified atom stereocenters. The molecule has 1 aliphatic heterocycles. The van der Waals surface area contributed by atoms with E-state index in [0.717, 1.165) is 12.1 Å². The van der Waals surface area contributed by atoms with Crippen molar-refractivity contribution >= 4 is 5.71 Å². The second-order valence-corrected chi connectivity index (χ2v) is 3.48. The van der Waals surface area contributed by atoms with E-state index in [1.165, 1.54) is 11.1 Å². The van der Waals surface area contributed by atoms with Crippen molar-refractivity contribution in [2.75, 3.05) is 0 Å². The maximum Gasteiger partial charge on any atom is 0.158 e. The molecule has 0 spiro atoms. The Morgan fingerprint density at radius 2 is 2.08 bits per heavy atom. The summed E-state index contributed by atoms with van der Waals surface area (Å²) in [7, 11) is 0. The van der Waals surface area contributed by atoms with Crippen LogP contribution in [0, 0.1) is 6.92 Å². The summed E-state index contributed by atoms with van der Waals surface area (Å²) in [5.41, 5.74) is 3.61. The summed E-state index contributed by atoms with van der Waals surface area (Å²) in [6, 6.07) is 8.29. The lowest BCUT2D eigenvalue weighted by Crippen LogP contribution is -1.99. The Morgan fingerprint density at radius 3 is 2.69 bits per heavy atom. The second kappa shape index (κ2) is 3.21. The smallest absolute Gasteiger partial charge is 0.158 e. The van der Waals surface area contributed by atoms with Crippen molar-refractivity contribution in [1.82, 2.24) is 0 Å². The van der Waals surface area contributed by atoms with Gasteiger partial charge in [-0.05, 0) is 25.0 Å². The fourth-order valence-corrected chi connectivity index (χ4v) is 1.61.